The van der Waals surface area contributed by atoms with Crippen LogP contribution in [0.25, 0.3) is 0 Å². The highest BCUT2D eigenvalue weighted by atomic mass is 19.1. The highest BCUT2D eigenvalue weighted by molar-refractivity contribution is 5.97. The Morgan fingerprint density at radius 3 is 0.913 bits per heavy atom. The molecular weight excluding hydrogens is 1950 g/mol. The summed E-state index contributed by atoms with van der Waals surface area (Å²) in [6, 6.07) is 7.72. The Morgan fingerprint density at radius 1 is 0.367 bits per heavy atom. The van der Waals surface area contributed by atoms with E-state index >= 15 is 0 Å². The smallest absolute Gasteiger partial charge is 0.312 e. The van der Waals surface area contributed by atoms with Gasteiger partial charge < -0.3 is 135 Å². The van der Waals surface area contributed by atoms with E-state index in [-0.39, 0.29) is 129 Å². The normalized spacial score (nSPS) is 24.5. The Morgan fingerprint density at radius 2 is 0.640 bits per heavy atom. The Bertz CT molecular complexity index is 5370. The number of primary amides is 3. The van der Waals surface area contributed by atoms with Gasteiger partial charge in [-0.15, -0.1) is 0 Å². The molecule has 4 aliphatic heterocycles. The van der Waals surface area contributed by atoms with Crippen LogP contribution in [-0.2, 0) is 94.4 Å². The van der Waals surface area contributed by atoms with Gasteiger partial charge in [0.15, 0.2) is 0 Å². The lowest BCUT2D eigenvalue weighted by Gasteiger charge is -2.30. The summed E-state index contributed by atoms with van der Waals surface area (Å²) in [6.07, 6.45) is 17.3. The monoisotopic (exact) mass is 2100 g/mol. The van der Waals surface area contributed by atoms with Gasteiger partial charge >= 0.3 is 12.1 Å². The van der Waals surface area contributed by atoms with Crippen LogP contribution in [0.2, 0.25) is 0 Å². The van der Waals surface area contributed by atoms with Gasteiger partial charge in [-0.3, -0.25) is 62.3 Å². The average molecular weight is 2100 g/mol. The van der Waals surface area contributed by atoms with Gasteiger partial charge in [0, 0.05) is 143 Å². The Hall–Kier alpha value is -13.5. The summed E-state index contributed by atoms with van der Waals surface area (Å²) < 4.78 is 79.0. The van der Waals surface area contributed by atoms with Crippen molar-refractivity contribution < 1.29 is 108 Å². The summed E-state index contributed by atoms with van der Waals surface area (Å²) in [6.45, 7) is 11.0. The van der Waals surface area contributed by atoms with Crippen molar-refractivity contribution in [3.8, 4) is 23.0 Å². The van der Waals surface area contributed by atoms with Crippen molar-refractivity contribution in [3.63, 3.8) is 0 Å². The van der Waals surface area contributed by atoms with Gasteiger partial charge in [-0.25, -0.2) is 32.1 Å². The highest BCUT2D eigenvalue weighted by Gasteiger charge is 2.45. The summed E-state index contributed by atoms with van der Waals surface area (Å²) in [4.78, 5) is 203. The minimum Gasteiger partial charge on any atom is -0.492 e. The zero-order valence-electron chi connectivity index (χ0n) is 86.9. The molecule has 0 spiro atoms. The predicted octanol–water partition coefficient (Wildman–Crippen LogP) is 2.39. The Kier molecular flexibility index (Phi) is 47.2. The zero-order chi connectivity index (χ0) is 109. The topological polar surface area (TPSA) is 581 Å². The van der Waals surface area contributed by atoms with Gasteiger partial charge in [0.05, 0.1) is 30.5 Å². The summed E-state index contributed by atoms with van der Waals surface area (Å²) in [5.41, 5.74) is 19.4. The van der Waals surface area contributed by atoms with Crippen LogP contribution >= 0.6 is 0 Å². The van der Waals surface area contributed by atoms with Gasteiger partial charge in [0.1, 0.15) is 121 Å². The maximum Gasteiger partial charge on any atom is 0.312 e. The Labute approximate surface area is 871 Å². The number of benzene rings is 4. The number of aromatic nitrogens is 2. The van der Waals surface area contributed by atoms with Crippen molar-refractivity contribution in [2.24, 2.45) is 40.9 Å². The van der Waals surface area contributed by atoms with E-state index in [1.54, 1.807) is 86.3 Å². The number of carbonyl (C=O) groups is 15. The number of nitrogens with two attached hydrogens (primary N) is 3. The number of urea groups is 2. The van der Waals surface area contributed by atoms with Crippen LogP contribution in [0.15, 0.2) is 85.3 Å². The van der Waals surface area contributed by atoms with Crippen LogP contribution in [0.5, 0.6) is 23.0 Å². The number of likely N-dealkylation sites (N-methyl/N-ethyl adjacent to an activating group) is 4. The van der Waals surface area contributed by atoms with E-state index in [2.05, 4.69) is 84.4 Å². The highest BCUT2D eigenvalue weighted by Crippen LogP contribution is 2.38. The maximum absolute atomic E-state index is 13.9. The number of nitrogens with zero attached hydrogens (tertiary/aromatic N) is 5. The molecule has 42 nitrogen and oxygen atoms in total. The number of amides is 17. The SMILES string of the molecule is C[C@@H]1C(=O)N[C@H](CCC(N)=O)C(=O)NCCCc2ccc(F)cc2OCCN[C@@H](C2CC2)C(=O)N1C.C[C@@H]1C(=O)N[C@H](CCCCNC(N)=O)C(=O)NCCCc2ccc(F)cc2OCCN[C@@H](C2CC2)C(=O)N1C.C[C@@H]1C(=O)N[C@H](CCCNC(N)=O)C(=O)NCCCc2ccc(F)cc2OCCN[C@@H](C2CC2)C(=O)N1C.C[C@@H]1C(=O)N[C@H](Cc2cnc[nH]2)C(=O)NCCCc2ccc(F)cc2OCCN[C@@H](C2CC2)C(=O)N1C. The number of aryl methyl sites for hydroxylation is 4. The third kappa shape index (κ3) is 38.5. The molecule has 5 aromatic rings. The third-order valence-electron chi connectivity index (χ3n) is 27.7. The Balaban J connectivity index is 0.000000204. The number of halogens is 4. The van der Waals surface area contributed by atoms with Crippen LogP contribution in [0.1, 0.15) is 178 Å². The molecule has 13 rings (SSSR count). The van der Waals surface area contributed by atoms with Gasteiger partial charge in [0.25, 0.3) is 0 Å². The molecule has 1 aromatic heterocycles. The second-order valence-electron chi connectivity index (χ2n) is 39.3. The summed E-state index contributed by atoms with van der Waals surface area (Å²) >= 11 is 0. The van der Waals surface area contributed by atoms with E-state index < -0.39 is 137 Å². The van der Waals surface area contributed by atoms with Crippen molar-refractivity contribution in [2.75, 3.05) is 120 Å². The van der Waals surface area contributed by atoms with Crippen LogP contribution in [0, 0.1) is 46.9 Å². The first kappa shape index (κ1) is 118. The van der Waals surface area contributed by atoms with Crippen molar-refractivity contribution in [2.45, 2.75) is 254 Å². The molecule has 0 unspecified atom stereocenters. The van der Waals surface area contributed by atoms with Gasteiger partial charge in [-0.1, -0.05) is 24.3 Å². The third-order valence-corrected chi connectivity index (χ3v) is 27.7. The number of hydrogen-bond donors (Lipinski definition) is 18. The second kappa shape index (κ2) is 59.8. The van der Waals surface area contributed by atoms with E-state index in [9.17, 15) is 89.5 Å². The molecule has 4 fully saturated rings. The lowest BCUT2D eigenvalue weighted by Crippen LogP contribution is -2.56. The molecule has 0 bridgehead atoms. The van der Waals surface area contributed by atoms with E-state index in [4.69, 9.17) is 36.1 Å². The molecule has 46 heteroatoms. The number of carbonyl (C=O) groups excluding carboxylic acids is 15. The number of nitrogens with one attached hydrogen (secondary N) is 15. The van der Waals surface area contributed by atoms with Gasteiger partial charge in [-0.2, -0.15) is 0 Å². The van der Waals surface area contributed by atoms with Crippen LogP contribution in [-0.4, -0.2) is 311 Å². The quantitative estimate of drug-likeness (QED) is 0.0442. The first-order valence-electron chi connectivity index (χ1n) is 52.1. The summed E-state index contributed by atoms with van der Waals surface area (Å²) in [5.74, 6) is -3.80. The lowest BCUT2D eigenvalue weighted by atomic mass is 10.1. The number of unbranched alkanes of at least 4 members (excludes halogenated alkanes) is 1. The molecule has 150 heavy (non-hydrogen) atoms. The molecule has 824 valence electrons. The molecule has 17 amide bonds. The first-order chi connectivity index (χ1) is 71.8. The van der Waals surface area contributed by atoms with Crippen LogP contribution < -0.4 is 111 Å². The number of fused-ring (bicyclic) bond motifs is 4. The van der Waals surface area contributed by atoms with Gasteiger partial charge in [0.2, 0.25) is 76.8 Å². The van der Waals surface area contributed by atoms with Crippen molar-refractivity contribution >= 4 is 88.9 Å². The van der Waals surface area contributed by atoms with Gasteiger partial charge in [-0.05, 0) is 239 Å². The number of hydrogen-bond acceptors (Lipinski definition) is 24. The second-order valence-corrected chi connectivity index (χ2v) is 39.3. The van der Waals surface area contributed by atoms with E-state index in [0.29, 0.717) is 165 Å². The molecule has 0 radical (unpaired) electrons. The number of imidazole rings is 1. The fourth-order valence-electron chi connectivity index (χ4n) is 17.6. The van der Waals surface area contributed by atoms with Crippen molar-refractivity contribution in [1.82, 2.24) is 104 Å². The molecule has 12 atom stereocenters. The van der Waals surface area contributed by atoms with E-state index in [1.807, 2.05) is 0 Å². The van der Waals surface area contributed by atoms with Crippen molar-refractivity contribution in [1.29, 1.82) is 0 Å². The molecule has 5 heterocycles. The van der Waals surface area contributed by atoms with Crippen LogP contribution in [0.4, 0.5) is 27.2 Å². The maximum atomic E-state index is 13.9. The minimum atomic E-state index is -0.975. The average Bonchev–Trinajstić information content (AvgIpc) is 1.69. The minimum absolute atomic E-state index is 0.0412. The number of H-pyrrole nitrogens is 1. The molecule has 4 aliphatic carbocycles. The predicted molar refractivity (Wildman–Crippen MR) is 547 cm³/mol. The fourth-order valence-corrected chi connectivity index (χ4v) is 17.6. The first-order valence-corrected chi connectivity index (χ1v) is 52.1. The standard InChI is InChI=1S/C27H41FN6O5.C26H39FN6O5.C26H35FN6O4.C25H36FN5O5/c1-17-24(35)33-21(7-3-4-12-32-27(29)38)25(36)31-13-5-6-18-10-11-20(28)16-22(18)39-15-14-30-23(19-8-9-19)26(37)34(17)2;1-16-23(34)32-20(6-4-12-31-26(28)37)24(35)30-11-3-5-17-9-10-19(27)15-21(17)38-14-13-29-22(18-7-8-18)25(36)33(16)2;1-16-24(34)32-21(13-20-14-28-15-31-20)25(35)30-9-3-4-17-7-8-19(27)12-22(17)37-11-10-29-23(18-5-6-18)26(36)33(16)2;1-15-23(33)30-19(9-10-21(27)32)24(34)29-11-3-4-16-7-8-18(26)14-20(16)36-13-12-28-22(17-5-6-17)25(35)31(15)2/h10-11,16-17,19,21,23,30H,3-9,12-15H2,1-2H3,(H,31,36)(H,33,35)(H3,29,32,38);9-10,15-16,18,20,22,29H,3-8,11-14H2,1-2H3,(H,30,35)(H,32,34)(H3,28,31,37);7-8,12,14-16,18,21,23,29H,3-6,9-11,13H2,1-2H3,(H,28,31)(H,30,35)(H,32,34);7-8,14-15,17,19,22,28H,3-6,9-13H2,1-2H3,(H2,27,32)(H,29,34)(H,30,33)/t17-,21-,23+;16-,20-,22+;16-,21-,23+;15-,19-,22+/m1111/s1. The lowest BCUT2D eigenvalue weighted by molar-refractivity contribution is -0.141. The molecule has 0 saturated heterocycles. The van der Waals surface area contributed by atoms with E-state index in [1.165, 1.54) is 74.5 Å². The molecule has 8 aliphatic rings. The fraction of sp³-hybridized carbons (Fsp3) is 0.596. The largest absolute Gasteiger partial charge is 0.492 e. The zero-order valence-corrected chi connectivity index (χ0v) is 86.9. The summed E-state index contributed by atoms with van der Waals surface area (Å²) in [5, 5.41) is 40.5. The number of aromatic amines is 1. The molecular formula is C104H151F4N23O19. The molecule has 4 aromatic carbocycles. The number of rotatable bonds is 18. The number of ether oxygens (including phenoxy) is 4. The van der Waals surface area contributed by atoms with Crippen LogP contribution in [0.3, 0.4) is 0 Å². The molecule has 4 saturated carbocycles. The summed E-state index contributed by atoms with van der Waals surface area (Å²) in [7, 11) is 6.31. The van der Waals surface area contributed by atoms with Crippen molar-refractivity contribution in [3.05, 3.63) is 137 Å². The molecule has 21 N–H and O–H groups in total. The van der Waals surface area contributed by atoms with E-state index in [0.717, 1.165) is 73.6 Å².